The summed E-state index contributed by atoms with van der Waals surface area (Å²) in [6.45, 7) is 6.63. The summed E-state index contributed by atoms with van der Waals surface area (Å²) in [4.78, 5) is 3.67. The molecule has 0 radical (unpaired) electrons. The van der Waals surface area contributed by atoms with Crippen molar-refractivity contribution < 1.29 is 0 Å². The molecule has 96 valence electrons. The van der Waals surface area contributed by atoms with Crippen LogP contribution in [0.3, 0.4) is 0 Å². The van der Waals surface area contributed by atoms with Crippen molar-refractivity contribution in [3.63, 3.8) is 0 Å². The third-order valence-electron chi connectivity index (χ3n) is 4.22. The number of aryl methyl sites for hydroxylation is 2. The van der Waals surface area contributed by atoms with Crippen LogP contribution in [0.15, 0.2) is 16.6 Å². The maximum atomic E-state index is 3.79. The van der Waals surface area contributed by atoms with Gasteiger partial charge in [-0.3, -0.25) is 0 Å². The van der Waals surface area contributed by atoms with Crippen molar-refractivity contribution in [2.75, 3.05) is 13.1 Å². The van der Waals surface area contributed by atoms with Crippen molar-refractivity contribution in [2.45, 2.75) is 32.6 Å². The molecule has 1 aromatic carbocycles. The third kappa shape index (κ3) is 1.90. The molecule has 3 rings (SSSR count). The zero-order chi connectivity index (χ0) is 12.7. The second kappa shape index (κ2) is 4.71. The summed E-state index contributed by atoms with van der Waals surface area (Å²) in [7, 11) is 0. The minimum atomic E-state index is 0.660. The number of H-pyrrole nitrogens is 1. The van der Waals surface area contributed by atoms with E-state index in [4.69, 9.17) is 0 Å². The number of nitrogens with one attached hydrogen (secondary N) is 2. The van der Waals surface area contributed by atoms with Gasteiger partial charge in [-0.2, -0.15) is 0 Å². The number of halogens is 1. The van der Waals surface area contributed by atoms with E-state index in [1.165, 1.54) is 45.0 Å². The van der Waals surface area contributed by atoms with Gasteiger partial charge in [-0.1, -0.05) is 12.1 Å². The normalized spacial score (nSPS) is 17.5. The van der Waals surface area contributed by atoms with Crippen molar-refractivity contribution in [3.8, 4) is 0 Å². The van der Waals surface area contributed by atoms with E-state index in [2.05, 4.69) is 52.2 Å². The lowest BCUT2D eigenvalue weighted by Crippen LogP contribution is -2.26. The standard InChI is InChI=1S/C15H19BrN2/c1-9-3-4-12-13(16)15(18-14(12)10(9)2)11-5-7-17-8-6-11/h3-4,11,17-18H,5-8H2,1-2H3. The summed E-state index contributed by atoms with van der Waals surface area (Å²) in [6, 6.07) is 4.44. The van der Waals surface area contributed by atoms with E-state index in [0.717, 1.165) is 13.1 Å². The summed E-state index contributed by atoms with van der Waals surface area (Å²) < 4.78 is 1.27. The van der Waals surface area contributed by atoms with E-state index in [1.807, 2.05) is 0 Å². The van der Waals surface area contributed by atoms with Crippen molar-refractivity contribution in [1.82, 2.24) is 10.3 Å². The summed E-state index contributed by atoms with van der Waals surface area (Å²) in [6.07, 6.45) is 2.45. The largest absolute Gasteiger partial charge is 0.357 e. The second-order valence-electron chi connectivity index (χ2n) is 5.31. The fraction of sp³-hybridized carbons (Fsp3) is 0.467. The molecule has 0 spiro atoms. The molecule has 2 heterocycles. The molecule has 18 heavy (non-hydrogen) atoms. The Hall–Kier alpha value is -0.800. The number of hydrogen-bond donors (Lipinski definition) is 2. The van der Waals surface area contributed by atoms with E-state index in [9.17, 15) is 0 Å². The minimum Gasteiger partial charge on any atom is -0.357 e. The number of benzene rings is 1. The number of fused-ring (bicyclic) bond motifs is 1. The molecule has 3 heteroatoms. The lowest BCUT2D eigenvalue weighted by atomic mass is 9.95. The smallest absolute Gasteiger partial charge is 0.0500 e. The molecule has 0 amide bonds. The Balaban J connectivity index is 2.13. The monoisotopic (exact) mass is 306 g/mol. The molecule has 0 bridgehead atoms. The van der Waals surface area contributed by atoms with E-state index in [-0.39, 0.29) is 0 Å². The molecular formula is C15H19BrN2. The molecule has 1 fully saturated rings. The number of hydrogen-bond acceptors (Lipinski definition) is 1. The number of piperidine rings is 1. The Kier molecular flexibility index (Phi) is 3.20. The SMILES string of the molecule is Cc1ccc2c(Br)c(C3CCNCC3)[nH]c2c1C. The van der Waals surface area contributed by atoms with Gasteiger partial charge in [0, 0.05) is 27.0 Å². The fourth-order valence-corrected chi connectivity index (χ4v) is 3.64. The van der Waals surface area contributed by atoms with Crippen molar-refractivity contribution in [3.05, 3.63) is 33.4 Å². The first-order valence-electron chi connectivity index (χ1n) is 6.66. The average Bonchev–Trinajstić information content (AvgIpc) is 2.73. The molecule has 0 unspecified atom stereocenters. The zero-order valence-electron chi connectivity index (χ0n) is 10.9. The Labute approximate surface area is 116 Å². The highest BCUT2D eigenvalue weighted by molar-refractivity contribution is 9.10. The molecule has 0 atom stereocenters. The van der Waals surface area contributed by atoms with Gasteiger partial charge in [0.05, 0.1) is 0 Å². The highest BCUT2D eigenvalue weighted by Crippen LogP contribution is 2.37. The molecule has 2 nitrogen and oxygen atoms in total. The van der Waals surface area contributed by atoms with Crippen LogP contribution in [-0.2, 0) is 0 Å². The first kappa shape index (κ1) is 12.2. The van der Waals surface area contributed by atoms with Gasteiger partial charge >= 0.3 is 0 Å². The lowest BCUT2D eigenvalue weighted by Gasteiger charge is -2.22. The summed E-state index contributed by atoms with van der Waals surface area (Å²) >= 11 is 3.79. The molecule has 2 aromatic rings. The maximum absolute atomic E-state index is 3.79. The van der Waals surface area contributed by atoms with Gasteiger partial charge in [0.15, 0.2) is 0 Å². The Morgan fingerprint density at radius 1 is 1.17 bits per heavy atom. The predicted molar refractivity (Wildman–Crippen MR) is 80.3 cm³/mol. The van der Waals surface area contributed by atoms with E-state index >= 15 is 0 Å². The zero-order valence-corrected chi connectivity index (χ0v) is 12.5. The lowest BCUT2D eigenvalue weighted by molar-refractivity contribution is 0.454. The van der Waals surface area contributed by atoms with Gasteiger partial charge in [-0.05, 0) is 66.8 Å². The molecule has 0 saturated carbocycles. The maximum Gasteiger partial charge on any atom is 0.0500 e. The van der Waals surface area contributed by atoms with Crippen LogP contribution in [0.5, 0.6) is 0 Å². The van der Waals surface area contributed by atoms with Crippen molar-refractivity contribution in [2.24, 2.45) is 0 Å². The average molecular weight is 307 g/mol. The second-order valence-corrected chi connectivity index (χ2v) is 6.10. The van der Waals surface area contributed by atoms with Crippen LogP contribution < -0.4 is 5.32 Å². The van der Waals surface area contributed by atoms with Crippen LogP contribution in [0.25, 0.3) is 10.9 Å². The van der Waals surface area contributed by atoms with Crippen molar-refractivity contribution in [1.29, 1.82) is 0 Å². The van der Waals surface area contributed by atoms with Crippen LogP contribution in [-0.4, -0.2) is 18.1 Å². The molecule has 1 saturated heterocycles. The molecule has 1 aliphatic rings. The molecule has 1 aliphatic heterocycles. The minimum absolute atomic E-state index is 0.660. The first-order chi connectivity index (χ1) is 8.68. The quantitative estimate of drug-likeness (QED) is 0.818. The van der Waals surface area contributed by atoms with Gasteiger partial charge in [0.25, 0.3) is 0 Å². The third-order valence-corrected chi connectivity index (χ3v) is 5.07. The van der Waals surface area contributed by atoms with E-state index < -0.39 is 0 Å². The van der Waals surface area contributed by atoms with Crippen LogP contribution in [0.4, 0.5) is 0 Å². The van der Waals surface area contributed by atoms with E-state index in [0.29, 0.717) is 5.92 Å². The summed E-state index contributed by atoms with van der Waals surface area (Å²) in [5.74, 6) is 0.660. The first-order valence-corrected chi connectivity index (χ1v) is 7.45. The topological polar surface area (TPSA) is 27.8 Å². The highest BCUT2D eigenvalue weighted by Gasteiger charge is 2.21. The molecule has 0 aliphatic carbocycles. The van der Waals surface area contributed by atoms with Gasteiger partial charge < -0.3 is 10.3 Å². The number of aromatic amines is 1. The highest BCUT2D eigenvalue weighted by atomic mass is 79.9. The van der Waals surface area contributed by atoms with Gasteiger partial charge in [-0.15, -0.1) is 0 Å². The van der Waals surface area contributed by atoms with Crippen LogP contribution in [0.2, 0.25) is 0 Å². The molecular weight excluding hydrogens is 288 g/mol. The Morgan fingerprint density at radius 3 is 2.61 bits per heavy atom. The summed E-state index contributed by atoms with van der Waals surface area (Å²) in [5.41, 5.74) is 5.41. The molecule has 2 N–H and O–H groups in total. The Morgan fingerprint density at radius 2 is 1.89 bits per heavy atom. The predicted octanol–water partition coefficient (Wildman–Crippen LogP) is 4.01. The number of aromatic nitrogens is 1. The van der Waals surface area contributed by atoms with E-state index in [1.54, 1.807) is 0 Å². The van der Waals surface area contributed by atoms with Crippen LogP contribution in [0.1, 0.15) is 35.6 Å². The molecule has 1 aromatic heterocycles. The van der Waals surface area contributed by atoms with Gasteiger partial charge in [0.1, 0.15) is 0 Å². The van der Waals surface area contributed by atoms with Crippen LogP contribution >= 0.6 is 15.9 Å². The van der Waals surface area contributed by atoms with Gasteiger partial charge in [-0.25, -0.2) is 0 Å². The fourth-order valence-electron chi connectivity index (χ4n) is 2.89. The Bertz CT molecular complexity index is 580. The van der Waals surface area contributed by atoms with Gasteiger partial charge in [0.2, 0.25) is 0 Å². The van der Waals surface area contributed by atoms with Crippen LogP contribution in [0, 0.1) is 13.8 Å². The summed E-state index contributed by atoms with van der Waals surface area (Å²) in [5, 5.41) is 4.75. The number of rotatable bonds is 1. The van der Waals surface area contributed by atoms with Crippen molar-refractivity contribution >= 4 is 26.8 Å².